The van der Waals surface area contributed by atoms with Crippen LogP contribution < -0.4 is 0 Å². The van der Waals surface area contributed by atoms with Crippen molar-refractivity contribution < 1.29 is 19.4 Å². The van der Waals surface area contributed by atoms with Crippen LogP contribution in [0.4, 0.5) is 0 Å². The number of ether oxygens (including phenoxy) is 2. The Balaban J connectivity index is 0.000000252. The molecular weight excluding hydrogens is 172 g/mol. The van der Waals surface area contributed by atoms with Crippen molar-refractivity contribution in [1.29, 1.82) is 0 Å². The Bertz CT molecular complexity index is 212. The van der Waals surface area contributed by atoms with Gasteiger partial charge in [-0.3, -0.25) is 0 Å². The molecule has 0 radical (unpaired) electrons. The minimum atomic E-state index is -0.970. The molecule has 1 aliphatic heterocycles. The van der Waals surface area contributed by atoms with E-state index in [1.165, 1.54) is 12.5 Å². The maximum atomic E-state index is 10.0. The molecular formula is C9H12O4. The Morgan fingerprint density at radius 2 is 2.23 bits per heavy atom. The van der Waals surface area contributed by atoms with E-state index in [9.17, 15) is 4.79 Å². The highest BCUT2D eigenvalue weighted by molar-refractivity contribution is 5.84. The zero-order chi connectivity index (χ0) is 10.1. The molecule has 0 fully saturated rings. The summed E-state index contributed by atoms with van der Waals surface area (Å²) in [4.78, 5) is 10.0. The number of hydrogen-bond acceptors (Lipinski definition) is 3. The summed E-state index contributed by atoms with van der Waals surface area (Å²) in [6.45, 7) is 7.03. The third kappa shape index (κ3) is 5.55. The summed E-state index contributed by atoms with van der Waals surface area (Å²) >= 11 is 0. The quantitative estimate of drug-likeness (QED) is 0.678. The molecule has 0 bridgehead atoms. The molecule has 72 valence electrons. The number of carbonyl (C=O) groups is 1. The van der Waals surface area contributed by atoms with E-state index in [1.807, 2.05) is 0 Å². The lowest BCUT2D eigenvalue weighted by Gasteiger charge is -1.92. The molecule has 0 spiro atoms. The smallest absolute Gasteiger partial charge is 0.370 e. The van der Waals surface area contributed by atoms with Crippen LogP contribution in [-0.4, -0.2) is 17.7 Å². The Labute approximate surface area is 76.8 Å². The molecule has 0 aromatic rings. The Hall–Kier alpha value is -1.71. The van der Waals surface area contributed by atoms with Crippen LogP contribution in [0.25, 0.3) is 0 Å². The van der Waals surface area contributed by atoms with Crippen LogP contribution in [0.3, 0.4) is 0 Å². The van der Waals surface area contributed by atoms with E-state index in [-0.39, 0.29) is 5.76 Å². The Morgan fingerprint density at radius 1 is 1.62 bits per heavy atom. The van der Waals surface area contributed by atoms with Crippen LogP contribution in [0, 0.1) is 0 Å². The molecule has 4 heteroatoms. The van der Waals surface area contributed by atoms with Gasteiger partial charge in [0.05, 0.1) is 19.1 Å². The van der Waals surface area contributed by atoms with Crippen LogP contribution in [-0.2, 0) is 14.3 Å². The van der Waals surface area contributed by atoms with Crippen molar-refractivity contribution in [2.45, 2.75) is 6.42 Å². The van der Waals surface area contributed by atoms with E-state index in [0.717, 1.165) is 6.42 Å². The van der Waals surface area contributed by atoms with Crippen LogP contribution in [0.5, 0.6) is 0 Å². The van der Waals surface area contributed by atoms with Gasteiger partial charge in [-0.25, -0.2) is 4.79 Å². The molecule has 4 nitrogen and oxygen atoms in total. The first-order chi connectivity index (χ1) is 6.22. The van der Waals surface area contributed by atoms with Gasteiger partial charge in [-0.15, -0.1) is 0 Å². The monoisotopic (exact) mass is 184 g/mol. The Morgan fingerprint density at radius 3 is 2.38 bits per heavy atom. The number of carboxylic acids is 1. The van der Waals surface area contributed by atoms with Gasteiger partial charge in [0, 0.05) is 6.42 Å². The highest BCUT2D eigenvalue weighted by atomic mass is 16.5. The van der Waals surface area contributed by atoms with E-state index < -0.39 is 5.97 Å². The molecule has 1 heterocycles. The van der Waals surface area contributed by atoms with Gasteiger partial charge < -0.3 is 14.6 Å². The summed E-state index contributed by atoms with van der Waals surface area (Å²) in [6.07, 6.45) is 4.92. The van der Waals surface area contributed by atoms with E-state index >= 15 is 0 Å². The van der Waals surface area contributed by atoms with Gasteiger partial charge in [-0.1, -0.05) is 13.2 Å². The molecule has 0 saturated heterocycles. The molecule has 0 amide bonds. The van der Waals surface area contributed by atoms with Gasteiger partial charge in [0.25, 0.3) is 0 Å². The molecule has 0 aromatic heterocycles. The van der Waals surface area contributed by atoms with Crippen molar-refractivity contribution >= 4 is 5.97 Å². The molecule has 0 saturated carbocycles. The second-order valence-electron chi connectivity index (χ2n) is 1.98. The second kappa shape index (κ2) is 6.97. The predicted molar refractivity (Wildman–Crippen MR) is 47.8 cm³/mol. The van der Waals surface area contributed by atoms with Crippen LogP contribution >= 0.6 is 0 Å². The molecule has 0 aliphatic carbocycles. The summed E-state index contributed by atoms with van der Waals surface area (Å²) in [5, 5.41) is 8.22. The van der Waals surface area contributed by atoms with Crippen molar-refractivity contribution in [3.63, 3.8) is 0 Å². The maximum Gasteiger partial charge on any atom is 0.370 e. The van der Waals surface area contributed by atoms with Crippen molar-refractivity contribution in [1.82, 2.24) is 0 Å². The number of hydrogen-bond donors (Lipinski definition) is 1. The molecule has 1 rings (SSSR count). The molecule has 0 aromatic carbocycles. The van der Waals surface area contributed by atoms with E-state index in [1.54, 1.807) is 6.08 Å². The lowest BCUT2D eigenvalue weighted by Crippen LogP contribution is -1.99. The second-order valence-corrected chi connectivity index (χ2v) is 1.98. The zero-order valence-corrected chi connectivity index (χ0v) is 7.23. The highest BCUT2D eigenvalue weighted by Gasteiger charge is 2.11. The van der Waals surface area contributed by atoms with Crippen molar-refractivity contribution in [2.24, 2.45) is 0 Å². The molecule has 13 heavy (non-hydrogen) atoms. The number of rotatable bonds is 3. The van der Waals surface area contributed by atoms with Crippen molar-refractivity contribution in [3.8, 4) is 0 Å². The summed E-state index contributed by atoms with van der Waals surface area (Å²) in [6, 6.07) is 0. The first-order valence-corrected chi connectivity index (χ1v) is 3.66. The topological polar surface area (TPSA) is 55.8 Å². The van der Waals surface area contributed by atoms with Gasteiger partial charge in [0.1, 0.15) is 0 Å². The molecule has 1 aliphatic rings. The fourth-order valence-electron chi connectivity index (χ4n) is 0.635. The molecule has 0 unspecified atom stereocenters. The standard InChI is InChI=1S/C5H6O3.C4H6O/c6-5(7)4-2-1-3-8-4;1-3-5-4-2/h2H,1,3H2,(H,6,7);3-4H,1-2H2. The zero-order valence-electron chi connectivity index (χ0n) is 7.23. The first kappa shape index (κ1) is 11.3. The highest BCUT2D eigenvalue weighted by Crippen LogP contribution is 2.07. The number of carboxylic acid groups (broad SMARTS) is 1. The summed E-state index contributed by atoms with van der Waals surface area (Å²) < 4.78 is 9.04. The maximum absolute atomic E-state index is 10.0. The lowest BCUT2D eigenvalue weighted by atomic mass is 10.4. The van der Waals surface area contributed by atoms with Gasteiger partial charge >= 0.3 is 5.97 Å². The van der Waals surface area contributed by atoms with E-state index in [2.05, 4.69) is 22.6 Å². The minimum Gasteiger partial charge on any atom is -0.486 e. The molecule has 1 N–H and O–H groups in total. The van der Waals surface area contributed by atoms with Gasteiger partial charge in [-0.2, -0.15) is 0 Å². The van der Waals surface area contributed by atoms with Gasteiger partial charge in [0.2, 0.25) is 5.76 Å². The van der Waals surface area contributed by atoms with Gasteiger partial charge in [-0.05, 0) is 6.08 Å². The fourth-order valence-corrected chi connectivity index (χ4v) is 0.635. The third-order valence-electron chi connectivity index (χ3n) is 1.11. The minimum absolute atomic E-state index is 0.0880. The van der Waals surface area contributed by atoms with Gasteiger partial charge in [0.15, 0.2) is 0 Å². The fraction of sp³-hybridized carbons (Fsp3) is 0.222. The van der Waals surface area contributed by atoms with Crippen LogP contribution in [0.15, 0.2) is 37.5 Å². The predicted octanol–water partition coefficient (Wildman–Crippen LogP) is 1.67. The normalized spacial score (nSPS) is 12.8. The summed E-state index contributed by atoms with van der Waals surface area (Å²) in [5.41, 5.74) is 0. The largest absolute Gasteiger partial charge is 0.486 e. The van der Waals surface area contributed by atoms with Crippen LogP contribution in [0.2, 0.25) is 0 Å². The lowest BCUT2D eigenvalue weighted by molar-refractivity contribution is -0.136. The SMILES string of the molecule is C=COC=C.O=C(O)C1=CCCO1. The summed E-state index contributed by atoms with van der Waals surface area (Å²) in [7, 11) is 0. The van der Waals surface area contributed by atoms with E-state index in [4.69, 9.17) is 5.11 Å². The Kier molecular flexibility index (Phi) is 6.05. The van der Waals surface area contributed by atoms with Crippen molar-refractivity contribution in [3.05, 3.63) is 37.5 Å². The number of aliphatic carboxylic acids is 1. The third-order valence-corrected chi connectivity index (χ3v) is 1.11. The van der Waals surface area contributed by atoms with Crippen molar-refractivity contribution in [2.75, 3.05) is 6.61 Å². The van der Waals surface area contributed by atoms with Crippen LogP contribution in [0.1, 0.15) is 6.42 Å². The average Bonchev–Trinajstić information content (AvgIpc) is 2.58. The average molecular weight is 184 g/mol. The van der Waals surface area contributed by atoms with E-state index in [0.29, 0.717) is 6.61 Å². The molecule has 0 atom stereocenters. The first-order valence-electron chi connectivity index (χ1n) is 3.66. The summed E-state index contributed by atoms with van der Waals surface area (Å²) in [5.74, 6) is -0.882.